The maximum Gasteiger partial charge on any atom is 0.406 e. The van der Waals surface area contributed by atoms with Crippen LogP contribution in [-0.4, -0.2) is 29.7 Å². The van der Waals surface area contributed by atoms with Gasteiger partial charge in [-0.1, -0.05) is 6.07 Å². The molecule has 0 spiro atoms. The van der Waals surface area contributed by atoms with E-state index in [2.05, 4.69) is 10.2 Å². The van der Waals surface area contributed by atoms with Gasteiger partial charge in [-0.15, -0.1) is 0 Å². The number of hydrogen-bond acceptors (Lipinski definition) is 2. The summed E-state index contributed by atoms with van der Waals surface area (Å²) in [5, 5.41) is 2.82. The van der Waals surface area contributed by atoms with Gasteiger partial charge in [-0.25, -0.2) is 0 Å². The molecule has 146 valence electrons. The van der Waals surface area contributed by atoms with Crippen LogP contribution in [0.3, 0.4) is 0 Å². The average Bonchev–Trinajstić information content (AvgIpc) is 2.90. The molecule has 27 heavy (non-hydrogen) atoms. The van der Waals surface area contributed by atoms with Crippen molar-refractivity contribution in [1.82, 2.24) is 4.57 Å². The SMILES string of the molecule is Cc1cc(C(=O)Nc2cccc(N3CCCCC3)c2)c(C)n1CC(F)(F)F. The summed E-state index contributed by atoms with van der Waals surface area (Å²) in [6, 6.07) is 9.10. The van der Waals surface area contributed by atoms with Crippen molar-refractivity contribution in [2.24, 2.45) is 0 Å². The van der Waals surface area contributed by atoms with E-state index in [0.717, 1.165) is 36.2 Å². The Labute approximate surface area is 157 Å². The lowest BCUT2D eigenvalue weighted by Crippen LogP contribution is -2.29. The maximum atomic E-state index is 12.8. The van der Waals surface area contributed by atoms with Crippen molar-refractivity contribution in [3.63, 3.8) is 0 Å². The highest BCUT2D eigenvalue weighted by molar-refractivity contribution is 6.05. The molecular weight excluding hydrogens is 355 g/mol. The highest BCUT2D eigenvalue weighted by Crippen LogP contribution is 2.26. The number of alkyl halides is 3. The molecule has 1 aliphatic heterocycles. The number of rotatable bonds is 4. The van der Waals surface area contributed by atoms with Gasteiger partial charge in [0.2, 0.25) is 0 Å². The fourth-order valence-electron chi connectivity index (χ4n) is 3.58. The number of amides is 1. The minimum Gasteiger partial charge on any atom is -0.371 e. The van der Waals surface area contributed by atoms with Crippen molar-refractivity contribution in [1.29, 1.82) is 0 Å². The van der Waals surface area contributed by atoms with Gasteiger partial charge < -0.3 is 14.8 Å². The molecule has 1 aliphatic rings. The molecule has 1 saturated heterocycles. The van der Waals surface area contributed by atoms with Crippen molar-refractivity contribution < 1.29 is 18.0 Å². The number of nitrogens with one attached hydrogen (secondary N) is 1. The number of halogens is 3. The second-order valence-electron chi connectivity index (χ2n) is 7.04. The van der Waals surface area contributed by atoms with E-state index in [1.807, 2.05) is 18.2 Å². The second-order valence-corrected chi connectivity index (χ2v) is 7.04. The number of carbonyl (C=O) groups excluding carboxylic acids is 1. The monoisotopic (exact) mass is 379 g/mol. The third kappa shape index (κ3) is 4.64. The van der Waals surface area contributed by atoms with Gasteiger partial charge in [0.15, 0.2) is 0 Å². The zero-order valence-corrected chi connectivity index (χ0v) is 15.6. The molecule has 0 radical (unpaired) electrons. The molecule has 3 rings (SSSR count). The van der Waals surface area contributed by atoms with Crippen LogP contribution in [0.15, 0.2) is 30.3 Å². The van der Waals surface area contributed by atoms with Crippen molar-refractivity contribution in [2.45, 2.75) is 45.8 Å². The van der Waals surface area contributed by atoms with E-state index in [1.165, 1.54) is 19.4 Å². The Morgan fingerprint density at radius 2 is 1.81 bits per heavy atom. The Balaban J connectivity index is 1.77. The van der Waals surface area contributed by atoms with Crippen LogP contribution in [-0.2, 0) is 6.54 Å². The predicted molar refractivity (Wildman–Crippen MR) is 100 cm³/mol. The van der Waals surface area contributed by atoms with E-state index < -0.39 is 18.6 Å². The predicted octanol–water partition coefficient (Wildman–Crippen LogP) is 4.91. The molecule has 7 heteroatoms. The first-order valence-corrected chi connectivity index (χ1v) is 9.14. The largest absolute Gasteiger partial charge is 0.406 e. The summed E-state index contributed by atoms with van der Waals surface area (Å²) in [6.45, 7) is 4.01. The molecule has 0 aliphatic carbocycles. The standard InChI is InChI=1S/C20H24F3N3O/c1-14-11-18(15(2)26(14)13-20(21,22)23)19(27)24-16-7-6-8-17(12-16)25-9-4-3-5-10-25/h6-8,11-12H,3-5,9-10,13H2,1-2H3,(H,24,27). The van der Waals surface area contributed by atoms with E-state index in [4.69, 9.17) is 0 Å². The van der Waals surface area contributed by atoms with Gasteiger partial charge in [-0.3, -0.25) is 4.79 Å². The number of hydrogen-bond donors (Lipinski definition) is 1. The Morgan fingerprint density at radius 1 is 1.11 bits per heavy atom. The van der Waals surface area contributed by atoms with Crippen molar-refractivity contribution in [2.75, 3.05) is 23.3 Å². The van der Waals surface area contributed by atoms with Crippen LogP contribution < -0.4 is 10.2 Å². The molecule has 0 saturated carbocycles. The minimum absolute atomic E-state index is 0.264. The quantitative estimate of drug-likeness (QED) is 0.820. The number of benzene rings is 1. The van der Waals surface area contributed by atoms with E-state index in [9.17, 15) is 18.0 Å². The summed E-state index contributed by atoms with van der Waals surface area (Å²) in [4.78, 5) is 14.9. The third-order valence-corrected chi connectivity index (χ3v) is 4.98. The van der Waals surface area contributed by atoms with Crippen LogP contribution in [0.25, 0.3) is 0 Å². The third-order valence-electron chi connectivity index (χ3n) is 4.98. The lowest BCUT2D eigenvalue weighted by atomic mass is 10.1. The van der Waals surface area contributed by atoms with E-state index in [-0.39, 0.29) is 5.56 Å². The highest BCUT2D eigenvalue weighted by Gasteiger charge is 2.30. The highest BCUT2D eigenvalue weighted by atomic mass is 19.4. The van der Waals surface area contributed by atoms with Gasteiger partial charge in [0.05, 0.1) is 5.56 Å². The van der Waals surface area contributed by atoms with Gasteiger partial charge >= 0.3 is 6.18 Å². The molecule has 2 heterocycles. The van der Waals surface area contributed by atoms with Gasteiger partial charge in [0.25, 0.3) is 5.91 Å². The van der Waals surface area contributed by atoms with Crippen molar-refractivity contribution in [3.8, 4) is 0 Å². The number of aryl methyl sites for hydroxylation is 1. The molecule has 1 fully saturated rings. The van der Waals surface area contributed by atoms with Crippen LogP contribution >= 0.6 is 0 Å². The Kier molecular flexibility index (Phi) is 5.48. The van der Waals surface area contributed by atoms with E-state index in [1.54, 1.807) is 13.0 Å². The first kappa shape index (κ1) is 19.3. The molecule has 1 N–H and O–H groups in total. The van der Waals surface area contributed by atoms with Crippen LogP contribution in [0.1, 0.15) is 41.0 Å². The molecule has 0 atom stereocenters. The number of anilines is 2. The minimum atomic E-state index is -4.33. The number of nitrogens with zero attached hydrogens (tertiary/aromatic N) is 2. The zero-order valence-electron chi connectivity index (χ0n) is 15.6. The van der Waals surface area contributed by atoms with Crippen LogP contribution in [0.5, 0.6) is 0 Å². The average molecular weight is 379 g/mol. The summed E-state index contributed by atoms with van der Waals surface area (Å²) < 4.78 is 39.4. The molecule has 2 aromatic rings. The lowest BCUT2D eigenvalue weighted by molar-refractivity contribution is -0.141. The first-order valence-electron chi connectivity index (χ1n) is 9.14. The number of piperidine rings is 1. The maximum absolute atomic E-state index is 12.8. The van der Waals surface area contributed by atoms with E-state index >= 15 is 0 Å². The summed E-state index contributed by atoms with van der Waals surface area (Å²) in [7, 11) is 0. The zero-order chi connectivity index (χ0) is 19.6. The van der Waals surface area contributed by atoms with Crippen LogP contribution in [0.2, 0.25) is 0 Å². The summed E-state index contributed by atoms with van der Waals surface area (Å²) >= 11 is 0. The van der Waals surface area contributed by atoms with Crippen molar-refractivity contribution in [3.05, 3.63) is 47.3 Å². The first-order chi connectivity index (χ1) is 12.7. The van der Waals surface area contributed by atoms with Gasteiger partial charge in [0, 0.05) is 35.9 Å². The topological polar surface area (TPSA) is 37.3 Å². The van der Waals surface area contributed by atoms with Gasteiger partial charge in [-0.2, -0.15) is 13.2 Å². The fourth-order valence-corrected chi connectivity index (χ4v) is 3.58. The normalized spacial score (nSPS) is 15.1. The smallest absolute Gasteiger partial charge is 0.371 e. The Hall–Kier alpha value is -2.44. The van der Waals surface area contributed by atoms with Crippen LogP contribution in [0, 0.1) is 13.8 Å². The summed E-state index contributed by atoms with van der Waals surface area (Å²) in [5.41, 5.74) is 2.69. The molecular formula is C20H24F3N3O. The van der Waals surface area contributed by atoms with Gasteiger partial charge in [0.1, 0.15) is 6.54 Å². The van der Waals surface area contributed by atoms with Crippen LogP contribution in [0.4, 0.5) is 24.5 Å². The van der Waals surface area contributed by atoms with Crippen molar-refractivity contribution >= 4 is 17.3 Å². The molecule has 0 unspecified atom stereocenters. The number of carbonyl (C=O) groups is 1. The van der Waals surface area contributed by atoms with E-state index in [0.29, 0.717) is 17.1 Å². The summed E-state index contributed by atoms with van der Waals surface area (Å²) in [6.07, 6.45) is -0.783. The Morgan fingerprint density at radius 3 is 2.48 bits per heavy atom. The molecule has 0 bridgehead atoms. The number of aromatic nitrogens is 1. The fraction of sp³-hybridized carbons (Fsp3) is 0.450. The Bertz CT molecular complexity index is 820. The molecule has 1 aromatic carbocycles. The molecule has 4 nitrogen and oxygen atoms in total. The summed E-state index contributed by atoms with van der Waals surface area (Å²) in [5.74, 6) is -0.396. The molecule has 1 aromatic heterocycles. The lowest BCUT2D eigenvalue weighted by Gasteiger charge is -2.29. The second kappa shape index (κ2) is 7.66. The molecule has 1 amide bonds. The van der Waals surface area contributed by atoms with Gasteiger partial charge in [-0.05, 0) is 57.4 Å².